The second-order valence-corrected chi connectivity index (χ2v) is 6.23. The zero-order chi connectivity index (χ0) is 18.5. The molecule has 2 aromatic rings. The van der Waals surface area contributed by atoms with Gasteiger partial charge in [0.1, 0.15) is 6.04 Å². The summed E-state index contributed by atoms with van der Waals surface area (Å²) in [5, 5.41) is 9.47. The Bertz CT molecular complexity index is 808. The predicted octanol–water partition coefficient (Wildman–Crippen LogP) is 3.02. The van der Waals surface area contributed by atoms with E-state index in [0.717, 1.165) is 11.1 Å². The molecule has 2 aromatic carbocycles. The number of benzene rings is 2. The molecule has 136 valence electrons. The van der Waals surface area contributed by atoms with Crippen LogP contribution in [-0.4, -0.2) is 34.5 Å². The summed E-state index contributed by atoms with van der Waals surface area (Å²) in [6, 6.07) is 12.8. The Morgan fingerprint density at radius 2 is 1.81 bits per heavy atom. The van der Waals surface area contributed by atoms with Crippen LogP contribution in [0.2, 0.25) is 0 Å². The van der Waals surface area contributed by atoms with Crippen LogP contribution in [0.5, 0.6) is 5.75 Å². The van der Waals surface area contributed by atoms with Crippen LogP contribution in [-0.2, 0) is 22.6 Å². The molecule has 0 saturated heterocycles. The van der Waals surface area contributed by atoms with Gasteiger partial charge in [0.2, 0.25) is 5.91 Å². The Kier molecular flexibility index (Phi) is 5.51. The minimum atomic E-state index is -1.00. The normalized spacial score (nSPS) is 16.0. The maximum atomic E-state index is 13.5. The van der Waals surface area contributed by atoms with E-state index in [9.17, 15) is 19.1 Å². The summed E-state index contributed by atoms with van der Waals surface area (Å²) in [6.07, 6.45) is 0.848. The number of aliphatic carboxylic acids is 1. The van der Waals surface area contributed by atoms with Crippen molar-refractivity contribution in [3.05, 3.63) is 65.5 Å². The molecule has 1 amide bonds. The Balaban J connectivity index is 1.58. The first-order chi connectivity index (χ1) is 12.6. The largest absolute Gasteiger partial charge is 0.491 e. The predicted molar refractivity (Wildman–Crippen MR) is 93.2 cm³/mol. The number of amides is 1. The molecule has 3 rings (SSSR count). The number of hydrogen-bond donors (Lipinski definition) is 1. The number of fused-ring (bicyclic) bond motifs is 1. The molecule has 0 aliphatic carbocycles. The van der Waals surface area contributed by atoms with Crippen LogP contribution in [0.3, 0.4) is 0 Å². The fourth-order valence-corrected chi connectivity index (χ4v) is 3.12. The number of carboxylic acid groups (broad SMARTS) is 1. The number of hydrogen-bond acceptors (Lipinski definition) is 3. The van der Waals surface area contributed by atoms with Crippen LogP contribution < -0.4 is 4.74 Å². The van der Waals surface area contributed by atoms with Crippen molar-refractivity contribution in [1.29, 1.82) is 0 Å². The van der Waals surface area contributed by atoms with Crippen LogP contribution in [0.4, 0.5) is 4.39 Å². The number of nitrogens with zero attached hydrogens (tertiary/aromatic N) is 1. The molecule has 0 aromatic heterocycles. The van der Waals surface area contributed by atoms with Gasteiger partial charge in [-0.15, -0.1) is 0 Å². The summed E-state index contributed by atoms with van der Waals surface area (Å²) in [4.78, 5) is 25.5. The lowest BCUT2D eigenvalue weighted by Crippen LogP contribution is -2.48. The average Bonchev–Trinajstić information content (AvgIpc) is 2.65. The maximum absolute atomic E-state index is 13.5. The van der Waals surface area contributed by atoms with E-state index in [2.05, 4.69) is 0 Å². The first-order valence-corrected chi connectivity index (χ1v) is 8.52. The Morgan fingerprint density at radius 1 is 1.12 bits per heavy atom. The highest BCUT2D eigenvalue weighted by atomic mass is 19.1. The maximum Gasteiger partial charge on any atom is 0.326 e. The Labute approximate surface area is 151 Å². The molecule has 26 heavy (non-hydrogen) atoms. The van der Waals surface area contributed by atoms with Gasteiger partial charge < -0.3 is 14.7 Å². The zero-order valence-electron chi connectivity index (χ0n) is 14.2. The molecule has 6 heteroatoms. The lowest BCUT2D eigenvalue weighted by molar-refractivity contribution is -0.151. The molecule has 1 aliphatic rings. The fraction of sp³-hybridized carbons (Fsp3) is 0.300. The number of ether oxygens (including phenoxy) is 1. The summed E-state index contributed by atoms with van der Waals surface area (Å²) in [6.45, 7) is 0.481. The second kappa shape index (κ2) is 7.99. The van der Waals surface area contributed by atoms with Gasteiger partial charge >= 0.3 is 5.97 Å². The topological polar surface area (TPSA) is 66.8 Å². The molecular weight excluding hydrogens is 337 g/mol. The van der Waals surface area contributed by atoms with Crippen molar-refractivity contribution in [2.45, 2.75) is 31.8 Å². The molecule has 1 N–H and O–H groups in total. The smallest absolute Gasteiger partial charge is 0.326 e. The lowest BCUT2D eigenvalue weighted by Gasteiger charge is -2.34. The summed E-state index contributed by atoms with van der Waals surface area (Å²) >= 11 is 0. The third-order valence-corrected chi connectivity index (χ3v) is 4.48. The number of halogens is 1. The monoisotopic (exact) mass is 357 g/mol. The number of carbonyl (C=O) groups is 2. The summed E-state index contributed by atoms with van der Waals surface area (Å²) in [7, 11) is 0. The Morgan fingerprint density at radius 3 is 2.54 bits per heavy atom. The minimum Gasteiger partial charge on any atom is -0.491 e. The van der Waals surface area contributed by atoms with E-state index in [0.29, 0.717) is 19.4 Å². The van der Waals surface area contributed by atoms with E-state index >= 15 is 0 Å². The van der Waals surface area contributed by atoms with Crippen molar-refractivity contribution in [2.24, 2.45) is 0 Å². The van der Waals surface area contributed by atoms with Gasteiger partial charge in [-0.2, -0.15) is 0 Å². The van der Waals surface area contributed by atoms with Gasteiger partial charge in [0.25, 0.3) is 0 Å². The number of para-hydroxylation sites is 1. The molecule has 0 spiro atoms. The highest BCUT2D eigenvalue weighted by molar-refractivity contribution is 5.84. The van der Waals surface area contributed by atoms with Crippen molar-refractivity contribution >= 4 is 11.9 Å². The van der Waals surface area contributed by atoms with E-state index in [4.69, 9.17) is 4.74 Å². The highest BCUT2D eigenvalue weighted by Gasteiger charge is 2.33. The molecule has 1 heterocycles. The van der Waals surface area contributed by atoms with Gasteiger partial charge in [0.05, 0.1) is 6.61 Å². The minimum absolute atomic E-state index is 0.148. The van der Waals surface area contributed by atoms with Gasteiger partial charge in [-0.3, -0.25) is 4.79 Å². The third kappa shape index (κ3) is 4.02. The highest BCUT2D eigenvalue weighted by Crippen LogP contribution is 2.24. The van der Waals surface area contributed by atoms with Crippen molar-refractivity contribution in [1.82, 2.24) is 4.90 Å². The van der Waals surface area contributed by atoms with Gasteiger partial charge in [0.15, 0.2) is 11.6 Å². The molecule has 1 unspecified atom stereocenters. The molecule has 5 nitrogen and oxygen atoms in total. The molecule has 1 aliphatic heterocycles. The second-order valence-electron chi connectivity index (χ2n) is 6.23. The first-order valence-electron chi connectivity index (χ1n) is 8.52. The van der Waals surface area contributed by atoms with Crippen LogP contribution in [0.15, 0.2) is 48.5 Å². The number of carboxylic acids is 1. The molecule has 0 saturated carbocycles. The fourth-order valence-electron chi connectivity index (χ4n) is 3.12. The molecule has 0 fully saturated rings. The van der Waals surface area contributed by atoms with Gasteiger partial charge in [-0.05, 0) is 29.7 Å². The van der Waals surface area contributed by atoms with E-state index in [1.54, 1.807) is 12.1 Å². The quantitative estimate of drug-likeness (QED) is 0.807. The molecule has 1 atom stereocenters. The summed E-state index contributed by atoms with van der Waals surface area (Å²) < 4.78 is 18.8. The average molecular weight is 357 g/mol. The summed E-state index contributed by atoms with van der Waals surface area (Å²) in [5.74, 6) is -1.54. The van der Waals surface area contributed by atoms with Crippen molar-refractivity contribution in [3.8, 4) is 5.75 Å². The van der Waals surface area contributed by atoms with E-state index in [-0.39, 0.29) is 24.7 Å². The number of rotatable bonds is 6. The van der Waals surface area contributed by atoms with Crippen LogP contribution in [0.25, 0.3) is 0 Å². The Hall–Kier alpha value is -2.89. The van der Waals surface area contributed by atoms with E-state index in [1.807, 2.05) is 24.3 Å². The SMILES string of the molecule is O=C(O)C1Cc2ccccc2CN1C(=O)CCCOc1ccccc1F. The first kappa shape index (κ1) is 17.9. The molecular formula is C20H20FNO4. The van der Waals surface area contributed by atoms with Crippen molar-refractivity contribution < 1.29 is 23.8 Å². The standard InChI is InChI=1S/C20H20FNO4/c21-16-8-3-4-9-18(16)26-11-5-10-19(23)22-13-15-7-2-1-6-14(15)12-17(22)20(24)25/h1-4,6-9,17H,5,10-13H2,(H,24,25). The number of carbonyl (C=O) groups excluding carboxylic acids is 1. The van der Waals surface area contributed by atoms with Gasteiger partial charge in [0, 0.05) is 19.4 Å². The van der Waals surface area contributed by atoms with Gasteiger partial charge in [-0.25, -0.2) is 9.18 Å². The third-order valence-electron chi connectivity index (χ3n) is 4.48. The van der Waals surface area contributed by atoms with Crippen LogP contribution in [0.1, 0.15) is 24.0 Å². The van der Waals surface area contributed by atoms with Crippen molar-refractivity contribution in [2.75, 3.05) is 6.61 Å². The van der Waals surface area contributed by atoms with Gasteiger partial charge in [-0.1, -0.05) is 36.4 Å². The lowest BCUT2D eigenvalue weighted by atomic mass is 9.93. The molecule has 0 radical (unpaired) electrons. The van der Waals surface area contributed by atoms with E-state index in [1.165, 1.54) is 17.0 Å². The van der Waals surface area contributed by atoms with Crippen molar-refractivity contribution in [3.63, 3.8) is 0 Å². The van der Waals surface area contributed by atoms with Crippen LogP contribution in [0, 0.1) is 5.82 Å². The summed E-state index contributed by atoms with van der Waals surface area (Å²) in [5.41, 5.74) is 1.94. The van der Waals surface area contributed by atoms with E-state index < -0.39 is 17.8 Å². The van der Waals surface area contributed by atoms with Crippen LogP contribution >= 0.6 is 0 Å². The zero-order valence-corrected chi connectivity index (χ0v) is 14.2. The molecule has 0 bridgehead atoms.